The van der Waals surface area contributed by atoms with Gasteiger partial charge in [-0.2, -0.15) is 0 Å². The van der Waals surface area contributed by atoms with E-state index in [1.165, 1.54) is 11.8 Å². The van der Waals surface area contributed by atoms with E-state index < -0.39 is 0 Å². The first kappa shape index (κ1) is 12.7. The Balaban J connectivity index is 2.26. The number of ether oxygens (including phenoxy) is 1. The molecule has 1 heterocycles. The van der Waals surface area contributed by atoms with Crippen molar-refractivity contribution in [2.45, 2.75) is 11.8 Å². The number of aromatic nitrogens is 1. The summed E-state index contributed by atoms with van der Waals surface area (Å²) in [4.78, 5) is 16.5. The summed E-state index contributed by atoms with van der Waals surface area (Å²) < 4.78 is 4.90. The molecule has 1 aromatic heterocycles. The van der Waals surface area contributed by atoms with Gasteiger partial charge in [0.15, 0.2) is 0 Å². The van der Waals surface area contributed by atoms with Crippen LogP contribution >= 0.6 is 11.8 Å². The Morgan fingerprint density at radius 2 is 2.22 bits per heavy atom. The van der Waals surface area contributed by atoms with E-state index in [-0.39, 0.29) is 11.7 Å². The van der Waals surface area contributed by atoms with Crippen LogP contribution in [0.5, 0.6) is 0 Å². The lowest BCUT2D eigenvalue weighted by Crippen LogP contribution is -2.07. The van der Waals surface area contributed by atoms with Crippen molar-refractivity contribution in [3.05, 3.63) is 30.5 Å². The summed E-state index contributed by atoms with van der Waals surface area (Å²) in [5.41, 5.74) is 7.37. The highest BCUT2D eigenvalue weighted by Crippen LogP contribution is 2.31. The largest absolute Gasteiger partial charge is 0.465 e. The molecule has 0 unspecified atom stereocenters. The average Bonchev–Trinajstić information content (AvgIpc) is 2.38. The van der Waals surface area contributed by atoms with Crippen molar-refractivity contribution in [3.63, 3.8) is 0 Å². The number of nitrogens with zero attached hydrogens (tertiary/aromatic N) is 1. The molecule has 0 spiro atoms. The highest BCUT2D eigenvalue weighted by Gasteiger charge is 2.10. The zero-order valence-electron chi connectivity index (χ0n) is 10.1. The van der Waals surface area contributed by atoms with Crippen LogP contribution in [0, 0.1) is 0 Å². The number of anilines is 1. The summed E-state index contributed by atoms with van der Waals surface area (Å²) >= 11 is 1.39. The summed E-state index contributed by atoms with van der Waals surface area (Å²) in [5.74, 6) is 0.0225. The second-order valence-electron chi connectivity index (χ2n) is 3.65. The van der Waals surface area contributed by atoms with Crippen molar-refractivity contribution in [1.29, 1.82) is 0 Å². The molecule has 0 saturated heterocycles. The molecule has 2 N–H and O–H groups in total. The van der Waals surface area contributed by atoms with Gasteiger partial charge in [0.05, 0.1) is 29.8 Å². The Bertz CT molecular complexity index is 572. The molecule has 0 aliphatic heterocycles. The standard InChI is InChI=1S/C13H14N2O2S/c1-2-17-12(16)8-18-13-9-5-3-4-6-11(9)15-7-10(13)14/h3-7H,2,8,14H2,1H3. The number of thioether (sulfide) groups is 1. The van der Waals surface area contributed by atoms with E-state index in [1.54, 1.807) is 13.1 Å². The maximum Gasteiger partial charge on any atom is 0.316 e. The van der Waals surface area contributed by atoms with Gasteiger partial charge >= 0.3 is 5.97 Å². The van der Waals surface area contributed by atoms with E-state index >= 15 is 0 Å². The quantitative estimate of drug-likeness (QED) is 0.677. The molecule has 0 saturated carbocycles. The summed E-state index contributed by atoms with van der Waals surface area (Å²) in [5, 5.41) is 0.965. The molecule has 0 aliphatic carbocycles. The summed E-state index contributed by atoms with van der Waals surface area (Å²) in [7, 11) is 0. The number of nitrogens with two attached hydrogens (primary N) is 1. The third kappa shape index (κ3) is 2.73. The number of hydrogen-bond donors (Lipinski definition) is 1. The Morgan fingerprint density at radius 3 is 3.00 bits per heavy atom. The number of fused-ring (bicyclic) bond motifs is 1. The van der Waals surface area contributed by atoms with Crippen molar-refractivity contribution < 1.29 is 9.53 Å². The van der Waals surface area contributed by atoms with Gasteiger partial charge in [0.25, 0.3) is 0 Å². The molecule has 0 atom stereocenters. The monoisotopic (exact) mass is 262 g/mol. The number of esters is 1. The summed E-state index contributed by atoms with van der Waals surface area (Å²) in [6.07, 6.45) is 1.62. The lowest BCUT2D eigenvalue weighted by molar-refractivity contribution is -0.139. The van der Waals surface area contributed by atoms with Crippen LogP contribution in [0.2, 0.25) is 0 Å². The van der Waals surface area contributed by atoms with Crippen LogP contribution in [0.25, 0.3) is 10.9 Å². The molecule has 18 heavy (non-hydrogen) atoms. The summed E-state index contributed by atoms with van der Waals surface area (Å²) in [6.45, 7) is 2.19. The molecule has 5 heteroatoms. The van der Waals surface area contributed by atoms with Gasteiger partial charge in [-0.05, 0) is 13.0 Å². The number of para-hydroxylation sites is 1. The van der Waals surface area contributed by atoms with Gasteiger partial charge in [-0.25, -0.2) is 0 Å². The van der Waals surface area contributed by atoms with Gasteiger partial charge in [0.1, 0.15) is 0 Å². The maximum absolute atomic E-state index is 11.4. The summed E-state index contributed by atoms with van der Waals surface area (Å²) in [6, 6.07) is 7.72. The van der Waals surface area contributed by atoms with Crippen molar-refractivity contribution >= 4 is 34.3 Å². The van der Waals surface area contributed by atoms with Crippen LogP contribution in [0.4, 0.5) is 5.69 Å². The minimum Gasteiger partial charge on any atom is -0.465 e. The van der Waals surface area contributed by atoms with Crippen LogP contribution in [0.3, 0.4) is 0 Å². The second-order valence-corrected chi connectivity index (χ2v) is 4.64. The van der Waals surface area contributed by atoms with Gasteiger partial charge in [0.2, 0.25) is 0 Å². The van der Waals surface area contributed by atoms with E-state index in [2.05, 4.69) is 4.98 Å². The van der Waals surface area contributed by atoms with Crippen molar-refractivity contribution in [2.75, 3.05) is 18.1 Å². The molecule has 0 bridgehead atoms. The Kier molecular flexibility index (Phi) is 4.04. The number of benzene rings is 1. The number of hydrogen-bond acceptors (Lipinski definition) is 5. The van der Waals surface area contributed by atoms with Gasteiger partial charge < -0.3 is 10.5 Å². The number of carbonyl (C=O) groups is 1. The normalized spacial score (nSPS) is 10.5. The van der Waals surface area contributed by atoms with Gasteiger partial charge in [-0.1, -0.05) is 18.2 Å². The fraction of sp³-hybridized carbons (Fsp3) is 0.231. The van der Waals surface area contributed by atoms with Crippen molar-refractivity contribution in [1.82, 2.24) is 4.98 Å². The molecule has 0 aliphatic rings. The molecule has 2 aromatic rings. The highest BCUT2D eigenvalue weighted by molar-refractivity contribution is 8.00. The fourth-order valence-corrected chi connectivity index (χ4v) is 2.52. The first-order valence-electron chi connectivity index (χ1n) is 5.64. The molecular formula is C13H14N2O2S. The predicted octanol–water partition coefficient (Wildman–Crippen LogP) is 2.47. The lowest BCUT2D eigenvalue weighted by atomic mass is 10.2. The molecule has 2 rings (SSSR count). The molecule has 1 aromatic carbocycles. The zero-order valence-corrected chi connectivity index (χ0v) is 10.9. The maximum atomic E-state index is 11.4. The minimum atomic E-state index is -0.234. The van der Waals surface area contributed by atoms with Gasteiger partial charge in [-0.15, -0.1) is 11.8 Å². The van der Waals surface area contributed by atoms with Crippen molar-refractivity contribution in [3.8, 4) is 0 Å². The van der Waals surface area contributed by atoms with Gasteiger partial charge in [0, 0.05) is 10.3 Å². The van der Waals surface area contributed by atoms with Crippen molar-refractivity contribution in [2.24, 2.45) is 0 Å². The van der Waals surface area contributed by atoms with Gasteiger partial charge in [-0.3, -0.25) is 9.78 Å². The van der Waals surface area contributed by atoms with Crippen LogP contribution in [0.15, 0.2) is 35.4 Å². The Morgan fingerprint density at radius 1 is 1.44 bits per heavy atom. The molecule has 4 nitrogen and oxygen atoms in total. The number of pyridine rings is 1. The van der Waals surface area contributed by atoms with Crippen LogP contribution in [0.1, 0.15) is 6.92 Å². The first-order chi connectivity index (χ1) is 8.72. The molecule has 0 amide bonds. The number of nitrogen functional groups attached to an aromatic ring is 1. The van der Waals surface area contributed by atoms with E-state index in [0.29, 0.717) is 12.3 Å². The van der Waals surface area contributed by atoms with E-state index in [0.717, 1.165) is 15.8 Å². The first-order valence-corrected chi connectivity index (χ1v) is 6.62. The predicted molar refractivity (Wildman–Crippen MR) is 73.5 cm³/mol. The SMILES string of the molecule is CCOC(=O)CSc1c(N)cnc2ccccc12. The number of rotatable bonds is 4. The fourth-order valence-electron chi connectivity index (χ4n) is 1.63. The molecule has 0 radical (unpaired) electrons. The van der Waals surface area contributed by atoms with E-state index in [4.69, 9.17) is 10.5 Å². The zero-order chi connectivity index (χ0) is 13.0. The topological polar surface area (TPSA) is 65.2 Å². The Labute approximate surface area is 110 Å². The second kappa shape index (κ2) is 5.73. The number of carbonyl (C=O) groups excluding carboxylic acids is 1. The van der Waals surface area contributed by atoms with Crippen LogP contribution in [-0.4, -0.2) is 23.3 Å². The lowest BCUT2D eigenvalue weighted by Gasteiger charge is -2.08. The molecule has 94 valence electrons. The van der Waals surface area contributed by atoms with Crippen LogP contribution in [-0.2, 0) is 9.53 Å². The van der Waals surface area contributed by atoms with Crippen LogP contribution < -0.4 is 5.73 Å². The van der Waals surface area contributed by atoms with E-state index in [1.807, 2.05) is 24.3 Å². The highest BCUT2D eigenvalue weighted by atomic mass is 32.2. The minimum absolute atomic E-state index is 0.234. The van der Waals surface area contributed by atoms with E-state index in [9.17, 15) is 4.79 Å². The molecule has 0 fully saturated rings. The Hall–Kier alpha value is -1.75. The average molecular weight is 262 g/mol. The smallest absolute Gasteiger partial charge is 0.316 e. The molecular weight excluding hydrogens is 248 g/mol. The third-order valence-corrected chi connectivity index (χ3v) is 3.52. The third-order valence-electron chi connectivity index (χ3n) is 2.39.